The zero-order valence-electron chi connectivity index (χ0n) is 70.3. The number of hydrogen-bond acceptors (Lipinski definition) is 24. The van der Waals surface area contributed by atoms with Crippen molar-refractivity contribution in [2.24, 2.45) is 0 Å². The molecule has 4 radical (unpaired) electrons. The van der Waals surface area contributed by atoms with Crippen LogP contribution in [0.3, 0.4) is 0 Å². The Balaban J connectivity index is -0.000000686. The summed E-state index contributed by atoms with van der Waals surface area (Å²) >= 11 is 16.7. The Morgan fingerprint density at radius 1 is 0.330 bits per heavy atom. The zero-order chi connectivity index (χ0) is 83.5. The predicted molar refractivity (Wildman–Crippen MR) is 425 cm³/mol. The van der Waals surface area contributed by atoms with Gasteiger partial charge in [0.05, 0.1) is 24.2 Å². The van der Waals surface area contributed by atoms with Crippen LogP contribution in [0.25, 0.3) is 0 Å². The molecule has 32 nitrogen and oxygen atoms in total. The van der Waals surface area contributed by atoms with Crippen LogP contribution >= 0.6 is 50.5 Å². The van der Waals surface area contributed by atoms with Gasteiger partial charge in [0.2, 0.25) is 70.9 Å². The SMILES string of the molecule is CC(C(=O)N(C)C(C)C(=O)N1CCCC1[C-]=O)N(C)C(=O)C(CS)N(C)C.CC(C(=O)N1CCCC1C(=O)N(C)C(C)C(=O)N(C)C([C-]=O)CS)N(C)C.CC([C-]=O)N(C)C(=O)C(C)N(C)C(=O)C(CS)N(C)C(=O)C1CCCN1C.CC([C-]=O)N(C)C(=O)C1CCCN1C(=O)C(C)N(C)C(=O)C(CS)N(C)C.[Y].[Y].[Y].[Y]. The van der Waals surface area contributed by atoms with Gasteiger partial charge in [-0.25, -0.2) is 25.1 Å². The van der Waals surface area contributed by atoms with E-state index in [0.717, 1.165) is 32.2 Å². The standard InChI is InChI=1S/4C18H31N4O4S.4Y/c1-12(19(3)4)17(25)22-9-7-8-15(22)18(26)20(5)13(2)16(24)21(6)14(10-23)11-27;1-12(21(6)18(26)15(11-27)19(3)4)16(24)20(5)13(2)17(25)22-9-7-8-14(22)10-23;1-12(10-23)20(4)16(24)13(2)21(5)18(26)15(11-27)22(6)17(25)14-8-7-9-19(14)3;1-12(10-23)20(5)17(25)14-8-7-9-22(14)16(24)13(2)21(6)18(26)15(11-27)19(3)4;;;;/h4*12-15,27H,7-9,11H2,1-6H3;;;;/q4*-1;;;;. The number of rotatable bonds is 32. The summed E-state index contributed by atoms with van der Waals surface area (Å²) in [5.74, 6) is -2.16. The van der Waals surface area contributed by atoms with Crippen molar-refractivity contribution >= 4 is 147 Å². The summed E-state index contributed by atoms with van der Waals surface area (Å²) in [4.78, 5) is 221. The molecule has 0 aromatic carbocycles. The van der Waals surface area contributed by atoms with Crippen LogP contribution in [0.1, 0.15) is 107 Å². The van der Waals surface area contributed by atoms with Crippen LogP contribution in [0.4, 0.5) is 0 Å². The Bertz CT molecular complexity index is 3090. The first kappa shape index (κ1) is 116. The normalized spacial score (nSPS) is 19.5. The second-order valence-electron chi connectivity index (χ2n) is 28.8. The molecule has 4 aliphatic rings. The molecule has 4 fully saturated rings. The molecule has 12 amide bonds. The van der Waals surface area contributed by atoms with Gasteiger partial charge in [-0.2, -0.15) is 50.5 Å². The molecule has 4 heterocycles. The summed E-state index contributed by atoms with van der Waals surface area (Å²) in [6.45, 7) is 15.4. The van der Waals surface area contributed by atoms with Gasteiger partial charge in [-0.1, -0.05) is 44.4 Å². The molecule has 40 heteroatoms. The molecule has 0 N–H and O–H groups in total. The van der Waals surface area contributed by atoms with Crippen LogP contribution in [0.5, 0.6) is 0 Å². The molecular formula is C72H124N16O16S4Y4-4. The number of amides is 12. The number of carbonyl (C=O) groups excluding carboxylic acids is 16. The predicted octanol–water partition coefficient (Wildman–Crippen LogP) is -1.45. The van der Waals surface area contributed by atoms with E-state index in [2.05, 4.69) is 50.5 Å². The van der Waals surface area contributed by atoms with E-state index in [4.69, 9.17) is 0 Å². The van der Waals surface area contributed by atoms with E-state index in [1.54, 1.807) is 150 Å². The average molecular weight is 1950 g/mol. The fraction of sp³-hybridized carbons (Fsp3) is 0.778. The minimum Gasteiger partial charge on any atom is -0.540 e. The van der Waals surface area contributed by atoms with Gasteiger partial charge in [0.15, 0.2) is 0 Å². The molecule has 0 aromatic rings. The minimum atomic E-state index is -0.779. The zero-order valence-corrected chi connectivity index (χ0v) is 85.3. The summed E-state index contributed by atoms with van der Waals surface area (Å²) in [5, 5.41) is 0. The van der Waals surface area contributed by atoms with Gasteiger partial charge < -0.3 is 78.0 Å². The molecule has 0 aliphatic carbocycles. The van der Waals surface area contributed by atoms with Crippen molar-refractivity contribution in [3.8, 4) is 0 Å². The number of nitrogens with zero attached hydrogens (tertiary/aromatic N) is 16. The van der Waals surface area contributed by atoms with Crippen LogP contribution < -0.4 is 0 Å². The Kier molecular flexibility index (Phi) is 58.6. The second-order valence-corrected chi connectivity index (χ2v) is 30.3. The summed E-state index contributed by atoms with van der Waals surface area (Å²) < 4.78 is 0. The van der Waals surface area contributed by atoms with Gasteiger partial charge in [-0.05, 0) is 148 Å². The molecule has 16 atom stereocenters. The average Bonchev–Trinajstić information content (AvgIpc) is 1.52. The monoisotopic (exact) mass is 1950 g/mol. The maximum absolute atomic E-state index is 13.0. The molecule has 0 aromatic heterocycles. The third-order valence-corrected chi connectivity index (χ3v) is 22.8. The van der Waals surface area contributed by atoms with Crippen molar-refractivity contribution in [2.75, 3.05) is 162 Å². The van der Waals surface area contributed by atoms with E-state index < -0.39 is 84.6 Å². The largest absolute Gasteiger partial charge is 0.540 e. The van der Waals surface area contributed by atoms with Crippen molar-refractivity contribution in [3.05, 3.63) is 0 Å². The van der Waals surface area contributed by atoms with E-state index in [1.165, 1.54) is 89.1 Å². The first-order valence-electron chi connectivity index (χ1n) is 36.3. The summed E-state index contributed by atoms with van der Waals surface area (Å²) in [5.41, 5.74) is 0. The maximum atomic E-state index is 13.0. The fourth-order valence-electron chi connectivity index (χ4n) is 12.3. The van der Waals surface area contributed by atoms with E-state index in [-0.39, 0.29) is 225 Å². The smallest absolute Gasteiger partial charge is 0.246 e. The number of likely N-dealkylation sites (N-methyl/N-ethyl adjacent to an activating group) is 13. The van der Waals surface area contributed by atoms with Gasteiger partial charge in [0.1, 0.15) is 48.3 Å². The van der Waals surface area contributed by atoms with E-state index in [1.807, 2.05) is 32.3 Å². The molecule has 0 spiro atoms. The third kappa shape index (κ3) is 31.5. The van der Waals surface area contributed by atoms with Crippen molar-refractivity contribution in [3.63, 3.8) is 0 Å². The first-order valence-corrected chi connectivity index (χ1v) is 38.8. The molecule has 4 rings (SSSR count). The van der Waals surface area contributed by atoms with Gasteiger partial charge in [-0.3, -0.25) is 77.1 Å². The van der Waals surface area contributed by atoms with E-state index >= 15 is 0 Å². The minimum absolute atomic E-state index is 0. The van der Waals surface area contributed by atoms with Crippen molar-refractivity contribution in [1.29, 1.82) is 0 Å². The number of likely N-dealkylation sites (tertiary alicyclic amines) is 4. The second kappa shape index (κ2) is 56.5. The Labute approximate surface area is 789 Å². The molecule has 4 aliphatic heterocycles. The number of carbonyl (C=O) groups is 12. The molecule has 628 valence electrons. The van der Waals surface area contributed by atoms with E-state index in [9.17, 15) is 76.7 Å². The Morgan fingerprint density at radius 2 is 0.643 bits per heavy atom. The van der Waals surface area contributed by atoms with Gasteiger partial charge in [-0.15, -0.1) is 0 Å². The topological polar surface area (TPSA) is 325 Å². The van der Waals surface area contributed by atoms with Crippen molar-refractivity contribution < 1.29 is 208 Å². The molecule has 0 bridgehead atoms. The summed E-state index contributed by atoms with van der Waals surface area (Å²) in [7, 11) is 26.6. The van der Waals surface area contributed by atoms with Crippen LogP contribution in [0, 0.1) is 0 Å². The van der Waals surface area contributed by atoms with Gasteiger partial charge in [0, 0.05) is 231 Å². The molecule has 0 saturated carbocycles. The quantitative estimate of drug-likeness (QED) is 0.0442. The molecule has 112 heavy (non-hydrogen) atoms. The van der Waals surface area contributed by atoms with E-state index in [0.29, 0.717) is 56.8 Å². The van der Waals surface area contributed by atoms with Crippen LogP contribution in [-0.4, -0.2) is 433 Å². The van der Waals surface area contributed by atoms with Crippen molar-refractivity contribution in [2.45, 2.75) is 203 Å². The van der Waals surface area contributed by atoms with Crippen LogP contribution in [-0.2, 0) is 208 Å². The Morgan fingerprint density at radius 3 is 1.01 bits per heavy atom. The van der Waals surface area contributed by atoms with Crippen LogP contribution in [0.2, 0.25) is 0 Å². The molecular weight excluding hydrogens is 1830 g/mol. The molecule has 4 saturated heterocycles. The number of thiol groups is 4. The summed E-state index contributed by atoms with van der Waals surface area (Å²) in [6, 6.07) is -9.76. The fourth-order valence-corrected chi connectivity index (χ4v) is 14.0. The maximum Gasteiger partial charge on any atom is 0.246 e. The Hall–Kier alpha value is -2.02. The molecule has 16 unspecified atom stereocenters. The van der Waals surface area contributed by atoms with Crippen LogP contribution in [0.15, 0.2) is 0 Å². The van der Waals surface area contributed by atoms with Gasteiger partial charge >= 0.3 is 0 Å². The third-order valence-electron chi connectivity index (χ3n) is 21.4. The number of hydrogen-bond donors (Lipinski definition) is 4. The van der Waals surface area contributed by atoms with Crippen molar-refractivity contribution in [1.82, 2.24) is 78.4 Å². The summed E-state index contributed by atoms with van der Waals surface area (Å²) in [6.07, 6.45) is 12.8. The van der Waals surface area contributed by atoms with Gasteiger partial charge in [0.25, 0.3) is 0 Å². The first-order chi connectivity index (χ1) is 50.3.